The Morgan fingerprint density at radius 2 is 1.46 bits per heavy atom. The number of benzene rings is 2. The molecule has 3 aromatic rings. The summed E-state index contributed by atoms with van der Waals surface area (Å²) in [5.74, 6) is 1.28. The van der Waals surface area contributed by atoms with E-state index >= 15 is 0 Å². The van der Waals surface area contributed by atoms with E-state index in [0.717, 1.165) is 19.6 Å². The van der Waals surface area contributed by atoms with E-state index in [2.05, 4.69) is 74.6 Å². The molecular formula is C19H20N4O. The van der Waals surface area contributed by atoms with Crippen LogP contribution in [0.1, 0.15) is 17.3 Å². The van der Waals surface area contributed by atoms with Gasteiger partial charge in [0.2, 0.25) is 11.8 Å². The summed E-state index contributed by atoms with van der Waals surface area (Å²) in [6, 6.07) is 19.1. The minimum Gasteiger partial charge on any atom is -0.424 e. The first-order chi connectivity index (χ1) is 11.8. The molecule has 0 saturated heterocycles. The van der Waals surface area contributed by atoms with Gasteiger partial charge < -0.3 is 14.2 Å². The van der Waals surface area contributed by atoms with E-state index in [9.17, 15) is 0 Å². The number of aryl methyl sites for hydroxylation is 1. The fourth-order valence-corrected chi connectivity index (χ4v) is 3.18. The number of rotatable bonds is 4. The van der Waals surface area contributed by atoms with E-state index in [1.807, 2.05) is 6.92 Å². The second-order valence-corrected chi connectivity index (χ2v) is 6.03. The van der Waals surface area contributed by atoms with Crippen molar-refractivity contribution in [2.45, 2.75) is 20.0 Å². The van der Waals surface area contributed by atoms with Gasteiger partial charge in [0.1, 0.15) is 0 Å². The van der Waals surface area contributed by atoms with Crippen molar-refractivity contribution in [3.8, 4) is 0 Å². The molecule has 5 heteroatoms. The standard InChI is InChI=1S/C19H20N4O/c1-15-20-21-19(24-15)14-23-12-11-22(13-16-7-3-2-4-8-16)17-9-5-6-10-18(17)23/h2-10H,11-14H2,1H3. The molecule has 2 aromatic carbocycles. The van der Waals surface area contributed by atoms with Crippen LogP contribution < -0.4 is 9.80 Å². The maximum atomic E-state index is 5.55. The van der Waals surface area contributed by atoms with E-state index in [1.54, 1.807) is 0 Å². The van der Waals surface area contributed by atoms with Crippen molar-refractivity contribution >= 4 is 11.4 Å². The van der Waals surface area contributed by atoms with E-state index in [1.165, 1.54) is 16.9 Å². The molecule has 2 heterocycles. The molecule has 0 aliphatic carbocycles. The van der Waals surface area contributed by atoms with Crippen LogP contribution in [-0.2, 0) is 13.1 Å². The van der Waals surface area contributed by atoms with Crippen molar-refractivity contribution in [2.75, 3.05) is 22.9 Å². The normalized spacial score (nSPS) is 13.9. The highest BCUT2D eigenvalue weighted by Gasteiger charge is 2.23. The average molecular weight is 320 g/mol. The van der Waals surface area contributed by atoms with Crippen LogP contribution in [0.2, 0.25) is 0 Å². The van der Waals surface area contributed by atoms with E-state index < -0.39 is 0 Å². The second-order valence-electron chi connectivity index (χ2n) is 6.03. The highest BCUT2D eigenvalue weighted by atomic mass is 16.4. The molecule has 0 saturated carbocycles. The third-order valence-electron chi connectivity index (χ3n) is 4.31. The molecule has 4 rings (SSSR count). The molecule has 122 valence electrons. The first kappa shape index (κ1) is 14.8. The number of fused-ring (bicyclic) bond motifs is 1. The maximum Gasteiger partial charge on any atom is 0.235 e. The van der Waals surface area contributed by atoms with Crippen LogP contribution in [0, 0.1) is 6.92 Å². The molecule has 0 fully saturated rings. The lowest BCUT2D eigenvalue weighted by Gasteiger charge is -2.38. The van der Waals surface area contributed by atoms with Crippen molar-refractivity contribution in [3.63, 3.8) is 0 Å². The van der Waals surface area contributed by atoms with Gasteiger partial charge in [0, 0.05) is 26.6 Å². The Balaban J connectivity index is 1.58. The summed E-state index contributed by atoms with van der Waals surface area (Å²) >= 11 is 0. The summed E-state index contributed by atoms with van der Waals surface area (Å²) in [4.78, 5) is 4.74. The number of nitrogens with zero attached hydrogens (tertiary/aromatic N) is 4. The molecule has 0 radical (unpaired) electrons. The zero-order chi connectivity index (χ0) is 16.4. The Morgan fingerprint density at radius 1 is 0.833 bits per heavy atom. The van der Waals surface area contributed by atoms with Crippen LogP contribution in [0.5, 0.6) is 0 Å². The number of hydrogen-bond acceptors (Lipinski definition) is 5. The summed E-state index contributed by atoms with van der Waals surface area (Å²) in [7, 11) is 0. The highest BCUT2D eigenvalue weighted by Crippen LogP contribution is 2.34. The first-order valence-electron chi connectivity index (χ1n) is 8.21. The van der Waals surface area contributed by atoms with Crippen LogP contribution in [0.4, 0.5) is 11.4 Å². The highest BCUT2D eigenvalue weighted by molar-refractivity contribution is 5.73. The van der Waals surface area contributed by atoms with Crippen LogP contribution in [0.25, 0.3) is 0 Å². The molecule has 5 nitrogen and oxygen atoms in total. The van der Waals surface area contributed by atoms with Gasteiger partial charge in [-0.2, -0.15) is 0 Å². The fraction of sp³-hybridized carbons (Fsp3) is 0.263. The molecule has 1 aliphatic rings. The fourth-order valence-electron chi connectivity index (χ4n) is 3.18. The van der Waals surface area contributed by atoms with Crippen LogP contribution in [0.3, 0.4) is 0 Å². The lowest BCUT2D eigenvalue weighted by atomic mass is 10.1. The van der Waals surface area contributed by atoms with Gasteiger partial charge >= 0.3 is 0 Å². The van der Waals surface area contributed by atoms with Gasteiger partial charge in [-0.1, -0.05) is 42.5 Å². The minimum absolute atomic E-state index is 0.612. The lowest BCUT2D eigenvalue weighted by molar-refractivity contribution is 0.460. The van der Waals surface area contributed by atoms with Crippen molar-refractivity contribution in [2.24, 2.45) is 0 Å². The van der Waals surface area contributed by atoms with Crippen molar-refractivity contribution in [1.82, 2.24) is 10.2 Å². The predicted octanol–water partition coefficient (Wildman–Crippen LogP) is 3.40. The van der Waals surface area contributed by atoms with Gasteiger partial charge in [0.25, 0.3) is 0 Å². The molecule has 0 N–H and O–H groups in total. The lowest BCUT2D eigenvalue weighted by Crippen LogP contribution is -2.40. The number of para-hydroxylation sites is 2. The second kappa shape index (κ2) is 6.35. The third kappa shape index (κ3) is 2.97. The van der Waals surface area contributed by atoms with Gasteiger partial charge in [-0.3, -0.25) is 0 Å². The zero-order valence-electron chi connectivity index (χ0n) is 13.7. The summed E-state index contributed by atoms with van der Waals surface area (Å²) in [6.07, 6.45) is 0. The topological polar surface area (TPSA) is 45.4 Å². The third-order valence-corrected chi connectivity index (χ3v) is 4.31. The maximum absolute atomic E-state index is 5.55. The van der Waals surface area contributed by atoms with Gasteiger partial charge in [0.15, 0.2) is 0 Å². The zero-order valence-corrected chi connectivity index (χ0v) is 13.7. The van der Waals surface area contributed by atoms with Crippen LogP contribution in [-0.4, -0.2) is 23.3 Å². The molecule has 0 unspecified atom stereocenters. The summed E-state index contributed by atoms with van der Waals surface area (Å²) in [5.41, 5.74) is 3.80. The van der Waals surface area contributed by atoms with Gasteiger partial charge in [-0.15, -0.1) is 10.2 Å². The SMILES string of the molecule is Cc1nnc(CN2CCN(Cc3ccccc3)c3ccccc32)o1. The first-order valence-corrected chi connectivity index (χ1v) is 8.21. The number of hydrogen-bond donors (Lipinski definition) is 0. The molecule has 0 bridgehead atoms. The quantitative estimate of drug-likeness (QED) is 0.737. The summed E-state index contributed by atoms with van der Waals surface area (Å²) < 4.78 is 5.55. The number of anilines is 2. The van der Waals surface area contributed by atoms with Crippen molar-refractivity contribution < 1.29 is 4.42 Å². The van der Waals surface area contributed by atoms with Gasteiger partial charge in [-0.25, -0.2) is 0 Å². The molecule has 0 atom stereocenters. The smallest absolute Gasteiger partial charge is 0.235 e. The summed E-state index contributed by atoms with van der Waals surface area (Å²) in [6.45, 7) is 5.30. The van der Waals surface area contributed by atoms with Crippen molar-refractivity contribution in [3.05, 3.63) is 71.9 Å². The van der Waals surface area contributed by atoms with Gasteiger partial charge in [-0.05, 0) is 17.7 Å². The molecular weight excluding hydrogens is 300 g/mol. The average Bonchev–Trinajstić information content (AvgIpc) is 3.03. The van der Waals surface area contributed by atoms with Gasteiger partial charge in [0.05, 0.1) is 17.9 Å². The molecule has 0 amide bonds. The van der Waals surface area contributed by atoms with E-state index in [4.69, 9.17) is 4.42 Å². The molecule has 24 heavy (non-hydrogen) atoms. The monoisotopic (exact) mass is 320 g/mol. The number of aromatic nitrogens is 2. The predicted molar refractivity (Wildman–Crippen MR) is 94.0 cm³/mol. The molecule has 0 spiro atoms. The Labute approximate surface area is 141 Å². The Hall–Kier alpha value is -2.82. The largest absolute Gasteiger partial charge is 0.424 e. The minimum atomic E-state index is 0.612. The molecule has 1 aromatic heterocycles. The summed E-state index contributed by atoms with van der Waals surface area (Å²) in [5, 5.41) is 8.05. The Bertz CT molecular complexity index is 815. The Kier molecular flexibility index (Phi) is 3.91. The Morgan fingerprint density at radius 3 is 2.08 bits per heavy atom. The van der Waals surface area contributed by atoms with Crippen LogP contribution in [0.15, 0.2) is 59.0 Å². The van der Waals surface area contributed by atoms with E-state index in [-0.39, 0.29) is 0 Å². The van der Waals surface area contributed by atoms with Crippen LogP contribution >= 0.6 is 0 Å². The molecule has 1 aliphatic heterocycles. The van der Waals surface area contributed by atoms with Crippen molar-refractivity contribution in [1.29, 1.82) is 0 Å². The van der Waals surface area contributed by atoms with E-state index in [0.29, 0.717) is 18.3 Å².